The first-order chi connectivity index (χ1) is 8.77. The van der Waals surface area contributed by atoms with Crippen molar-refractivity contribution in [3.05, 3.63) is 51.0 Å². The number of anilines is 1. The minimum atomic E-state index is -0.0212. The van der Waals surface area contributed by atoms with Gasteiger partial charge in [0.05, 0.1) is 11.3 Å². The lowest BCUT2D eigenvalue weighted by molar-refractivity contribution is 0.771. The van der Waals surface area contributed by atoms with Crippen LogP contribution in [0.2, 0.25) is 0 Å². The molecule has 2 N–H and O–H groups in total. The molecule has 2 aromatic rings. The van der Waals surface area contributed by atoms with Gasteiger partial charge in [0.1, 0.15) is 5.82 Å². The standard InChI is InChI=1S/C13H13N3OS/c17-12-10-7-4-8-14-11(10)15-13(18)16(12)9-5-2-1-3-6-9/h1-3,5-6,14H,4,7-8H2,(H,15,18). The zero-order valence-electron chi connectivity index (χ0n) is 9.77. The van der Waals surface area contributed by atoms with Crippen LogP contribution in [0.5, 0.6) is 0 Å². The molecule has 18 heavy (non-hydrogen) atoms. The van der Waals surface area contributed by atoms with Crippen LogP contribution >= 0.6 is 12.2 Å². The fraction of sp³-hybridized carbons (Fsp3) is 0.231. The molecule has 1 aliphatic rings. The van der Waals surface area contributed by atoms with Crippen molar-refractivity contribution in [2.75, 3.05) is 11.9 Å². The number of aromatic amines is 1. The third-order valence-corrected chi connectivity index (χ3v) is 3.40. The summed E-state index contributed by atoms with van der Waals surface area (Å²) in [6.45, 7) is 0.882. The molecule has 1 aliphatic heterocycles. The highest BCUT2D eigenvalue weighted by atomic mass is 32.1. The van der Waals surface area contributed by atoms with Crippen LogP contribution in [-0.2, 0) is 6.42 Å². The van der Waals surface area contributed by atoms with Crippen molar-refractivity contribution in [1.82, 2.24) is 9.55 Å². The second-order valence-electron chi connectivity index (χ2n) is 4.29. The van der Waals surface area contributed by atoms with Gasteiger partial charge in [-0.25, -0.2) is 0 Å². The van der Waals surface area contributed by atoms with Gasteiger partial charge in [0.25, 0.3) is 5.56 Å². The highest BCUT2D eigenvalue weighted by Gasteiger charge is 2.16. The molecule has 1 aromatic heterocycles. The molecular formula is C13H13N3OS. The molecule has 0 unspecified atom stereocenters. The van der Waals surface area contributed by atoms with Crippen LogP contribution in [0.3, 0.4) is 0 Å². The molecule has 4 nitrogen and oxygen atoms in total. The van der Waals surface area contributed by atoms with E-state index in [9.17, 15) is 4.79 Å². The van der Waals surface area contributed by atoms with Gasteiger partial charge in [0, 0.05) is 6.54 Å². The second-order valence-corrected chi connectivity index (χ2v) is 4.68. The summed E-state index contributed by atoms with van der Waals surface area (Å²) in [6.07, 6.45) is 1.77. The monoisotopic (exact) mass is 259 g/mol. The summed E-state index contributed by atoms with van der Waals surface area (Å²) >= 11 is 5.27. The van der Waals surface area contributed by atoms with E-state index in [0.717, 1.165) is 36.5 Å². The van der Waals surface area contributed by atoms with Crippen molar-refractivity contribution in [3.63, 3.8) is 0 Å². The van der Waals surface area contributed by atoms with Gasteiger partial charge in [-0.1, -0.05) is 18.2 Å². The molecule has 92 valence electrons. The first-order valence-corrected chi connectivity index (χ1v) is 6.36. The molecule has 0 spiro atoms. The highest BCUT2D eigenvalue weighted by molar-refractivity contribution is 7.71. The fourth-order valence-corrected chi connectivity index (χ4v) is 2.54. The van der Waals surface area contributed by atoms with Crippen LogP contribution in [0.1, 0.15) is 12.0 Å². The maximum atomic E-state index is 12.5. The highest BCUT2D eigenvalue weighted by Crippen LogP contribution is 2.16. The number of para-hydroxylation sites is 1. The largest absolute Gasteiger partial charge is 0.371 e. The number of nitrogens with zero attached hydrogens (tertiary/aromatic N) is 1. The minimum absolute atomic E-state index is 0.0212. The summed E-state index contributed by atoms with van der Waals surface area (Å²) in [5, 5.41) is 3.19. The topological polar surface area (TPSA) is 49.8 Å². The second kappa shape index (κ2) is 4.42. The molecule has 0 bridgehead atoms. The number of aromatic nitrogens is 2. The van der Waals surface area contributed by atoms with Crippen molar-refractivity contribution >= 4 is 18.0 Å². The molecule has 3 rings (SSSR count). The summed E-state index contributed by atoms with van der Waals surface area (Å²) in [4.78, 5) is 15.6. The Kier molecular flexibility index (Phi) is 2.76. The van der Waals surface area contributed by atoms with E-state index in [1.54, 1.807) is 4.57 Å². The lowest BCUT2D eigenvalue weighted by Gasteiger charge is -2.18. The molecule has 0 aliphatic carbocycles. The number of rotatable bonds is 1. The van der Waals surface area contributed by atoms with Gasteiger partial charge in [-0.15, -0.1) is 0 Å². The normalized spacial score (nSPS) is 13.8. The molecular weight excluding hydrogens is 246 g/mol. The van der Waals surface area contributed by atoms with Crippen LogP contribution < -0.4 is 10.9 Å². The summed E-state index contributed by atoms with van der Waals surface area (Å²) in [6, 6.07) is 9.48. The third-order valence-electron chi connectivity index (χ3n) is 3.12. The number of hydrogen-bond donors (Lipinski definition) is 2. The van der Waals surface area contributed by atoms with Crippen LogP contribution in [0.4, 0.5) is 5.82 Å². The Morgan fingerprint density at radius 1 is 1.22 bits per heavy atom. The summed E-state index contributed by atoms with van der Waals surface area (Å²) in [5.41, 5.74) is 1.57. The SMILES string of the molecule is O=c1c2c([nH]c(=S)n1-c1ccccc1)NCCC2. The van der Waals surface area contributed by atoms with Gasteiger partial charge in [0.2, 0.25) is 0 Å². The molecule has 2 heterocycles. The van der Waals surface area contributed by atoms with E-state index in [-0.39, 0.29) is 5.56 Å². The Morgan fingerprint density at radius 3 is 2.78 bits per heavy atom. The predicted octanol–water partition coefficient (Wildman–Crippen LogP) is 2.25. The number of fused-ring (bicyclic) bond motifs is 1. The average Bonchev–Trinajstić information content (AvgIpc) is 2.40. The molecule has 5 heteroatoms. The summed E-state index contributed by atoms with van der Waals surface area (Å²) < 4.78 is 1.99. The molecule has 0 atom stereocenters. The quantitative estimate of drug-likeness (QED) is 0.772. The van der Waals surface area contributed by atoms with E-state index in [1.165, 1.54) is 0 Å². The van der Waals surface area contributed by atoms with Crippen LogP contribution in [-0.4, -0.2) is 16.1 Å². The van der Waals surface area contributed by atoms with Gasteiger partial charge in [-0.2, -0.15) is 0 Å². The Morgan fingerprint density at radius 2 is 2.00 bits per heavy atom. The molecule has 0 fully saturated rings. The van der Waals surface area contributed by atoms with E-state index < -0.39 is 0 Å². The Bertz CT molecular complexity index is 688. The predicted molar refractivity (Wildman–Crippen MR) is 74.0 cm³/mol. The first kappa shape index (κ1) is 11.2. The van der Waals surface area contributed by atoms with E-state index >= 15 is 0 Å². The molecule has 0 amide bonds. The van der Waals surface area contributed by atoms with E-state index in [1.807, 2.05) is 30.3 Å². The van der Waals surface area contributed by atoms with Gasteiger partial charge in [0.15, 0.2) is 4.77 Å². The lowest BCUT2D eigenvalue weighted by atomic mass is 10.1. The summed E-state index contributed by atoms with van der Waals surface area (Å²) in [7, 11) is 0. The van der Waals surface area contributed by atoms with Crippen molar-refractivity contribution in [1.29, 1.82) is 0 Å². The molecule has 0 saturated heterocycles. The van der Waals surface area contributed by atoms with Crippen LogP contribution in [0.15, 0.2) is 35.1 Å². The van der Waals surface area contributed by atoms with Crippen molar-refractivity contribution in [3.8, 4) is 5.69 Å². The van der Waals surface area contributed by atoms with Crippen LogP contribution in [0.25, 0.3) is 5.69 Å². The maximum Gasteiger partial charge on any atom is 0.264 e. The van der Waals surface area contributed by atoms with Gasteiger partial charge in [-0.05, 0) is 37.2 Å². The molecule has 0 radical (unpaired) electrons. The number of H-pyrrole nitrogens is 1. The number of nitrogens with one attached hydrogen (secondary N) is 2. The fourth-order valence-electron chi connectivity index (χ4n) is 2.25. The Hall–Kier alpha value is -1.88. The number of hydrogen-bond acceptors (Lipinski definition) is 3. The zero-order chi connectivity index (χ0) is 12.5. The first-order valence-electron chi connectivity index (χ1n) is 5.95. The van der Waals surface area contributed by atoms with Crippen LogP contribution in [0, 0.1) is 4.77 Å². The van der Waals surface area contributed by atoms with Crippen molar-refractivity contribution in [2.45, 2.75) is 12.8 Å². The minimum Gasteiger partial charge on any atom is -0.371 e. The Labute approximate surface area is 109 Å². The van der Waals surface area contributed by atoms with Crippen molar-refractivity contribution in [2.24, 2.45) is 0 Å². The van der Waals surface area contributed by atoms with Gasteiger partial charge < -0.3 is 10.3 Å². The molecule has 0 saturated carbocycles. The molecule has 1 aromatic carbocycles. The maximum absolute atomic E-state index is 12.5. The van der Waals surface area contributed by atoms with E-state index in [2.05, 4.69) is 10.3 Å². The lowest BCUT2D eigenvalue weighted by Crippen LogP contribution is -2.29. The van der Waals surface area contributed by atoms with Gasteiger partial charge >= 0.3 is 0 Å². The average molecular weight is 259 g/mol. The smallest absolute Gasteiger partial charge is 0.264 e. The van der Waals surface area contributed by atoms with Gasteiger partial charge in [-0.3, -0.25) is 9.36 Å². The summed E-state index contributed by atoms with van der Waals surface area (Å²) in [5.74, 6) is 0.781. The van der Waals surface area contributed by atoms with E-state index in [0.29, 0.717) is 4.77 Å². The zero-order valence-corrected chi connectivity index (χ0v) is 10.6. The third kappa shape index (κ3) is 1.76. The van der Waals surface area contributed by atoms with E-state index in [4.69, 9.17) is 12.2 Å². The van der Waals surface area contributed by atoms with Crippen molar-refractivity contribution < 1.29 is 0 Å². The Balaban J connectivity index is 2.29. The number of benzene rings is 1.